The first-order valence-electron chi connectivity index (χ1n) is 8.93. The number of hydrogen-bond acceptors (Lipinski definition) is 0. The van der Waals surface area contributed by atoms with E-state index in [2.05, 4.69) is 55.4 Å². The van der Waals surface area contributed by atoms with Gasteiger partial charge in [-0.1, -0.05) is 54.4 Å². The van der Waals surface area contributed by atoms with Crippen molar-refractivity contribution >= 4 is 0 Å². The topological polar surface area (TPSA) is 0 Å². The zero-order chi connectivity index (χ0) is 16.2. The summed E-state index contributed by atoms with van der Waals surface area (Å²) in [5, 5.41) is 0. The van der Waals surface area contributed by atoms with E-state index in [1.54, 1.807) is 33.4 Å². The lowest BCUT2D eigenvalue weighted by atomic mass is 9.74. The van der Waals surface area contributed by atoms with Gasteiger partial charge in [0.05, 0.1) is 0 Å². The molecule has 0 aliphatic carbocycles. The molecule has 0 fully saturated rings. The number of rotatable bonds is 6. The molecule has 0 amide bonds. The molecular weight excluding hydrogens is 252 g/mol. The Kier molecular flexibility index (Phi) is 6.50. The van der Waals surface area contributed by atoms with Gasteiger partial charge in [0, 0.05) is 0 Å². The highest BCUT2D eigenvalue weighted by Gasteiger charge is 2.25. The average molecular weight is 289 g/mol. The number of hydrogen-bond donors (Lipinski definition) is 0. The Balaban J connectivity index is 3.64. The van der Waals surface area contributed by atoms with Crippen LogP contribution in [0.4, 0.5) is 0 Å². The van der Waals surface area contributed by atoms with Crippen LogP contribution in [0.3, 0.4) is 0 Å². The molecule has 0 heterocycles. The van der Waals surface area contributed by atoms with Crippen LogP contribution in [-0.4, -0.2) is 0 Å². The SMILES string of the molecule is CCCCc1c(C)c(C(C)(C)C)c(C)c(CC)c1CCC. The molecule has 0 heteroatoms. The third kappa shape index (κ3) is 3.90. The van der Waals surface area contributed by atoms with Crippen LogP contribution in [0.5, 0.6) is 0 Å². The van der Waals surface area contributed by atoms with E-state index in [4.69, 9.17) is 0 Å². The Bertz CT molecular complexity index is 472. The van der Waals surface area contributed by atoms with E-state index in [-0.39, 0.29) is 5.41 Å². The molecule has 0 aliphatic heterocycles. The van der Waals surface area contributed by atoms with E-state index in [1.807, 2.05) is 0 Å². The summed E-state index contributed by atoms with van der Waals surface area (Å²) in [5.74, 6) is 0. The highest BCUT2D eigenvalue weighted by Crippen LogP contribution is 2.37. The zero-order valence-electron chi connectivity index (χ0n) is 15.7. The van der Waals surface area contributed by atoms with Crippen molar-refractivity contribution in [2.75, 3.05) is 0 Å². The molecule has 0 saturated carbocycles. The largest absolute Gasteiger partial charge is 0.0654 e. The lowest BCUT2D eigenvalue weighted by Gasteiger charge is -2.30. The Labute approximate surface area is 133 Å². The van der Waals surface area contributed by atoms with E-state index in [1.165, 1.54) is 38.5 Å². The van der Waals surface area contributed by atoms with Crippen molar-refractivity contribution in [3.05, 3.63) is 33.4 Å². The maximum atomic E-state index is 2.37. The predicted octanol–water partition coefficient (Wildman–Crippen LogP) is 6.46. The number of unbranched alkanes of at least 4 members (excludes halogenated alkanes) is 1. The van der Waals surface area contributed by atoms with E-state index < -0.39 is 0 Å². The third-order valence-corrected chi connectivity index (χ3v) is 4.77. The molecule has 0 N–H and O–H groups in total. The van der Waals surface area contributed by atoms with E-state index in [9.17, 15) is 0 Å². The molecule has 0 radical (unpaired) electrons. The van der Waals surface area contributed by atoms with Crippen LogP contribution in [0.2, 0.25) is 0 Å². The molecule has 0 spiro atoms. The second-order valence-corrected chi connectivity index (χ2v) is 7.52. The fourth-order valence-corrected chi connectivity index (χ4v) is 4.07. The van der Waals surface area contributed by atoms with Crippen LogP contribution in [0.15, 0.2) is 0 Å². The lowest BCUT2D eigenvalue weighted by Crippen LogP contribution is -2.20. The smallest absolute Gasteiger partial charge is 0.0126 e. The minimum atomic E-state index is 0.240. The summed E-state index contributed by atoms with van der Waals surface area (Å²) >= 11 is 0. The molecule has 120 valence electrons. The molecule has 0 nitrogen and oxygen atoms in total. The van der Waals surface area contributed by atoms with Crippen molar-refractivity contribution in [3.8, 4) is 0 Å². The summed E-state index contributed by atoms with van der Waals surface area (Å²) in [6, 6.07) is 0. The van der Waals surface area contributed by atoms with Crippen LogP contribution in [0.25, 0.3) is 0 Å². The minimum Gasteiger partial charge on any atom is -0.0654 e. The molecular formula is C21H36. The molecule has 0 saturated heterocycles. The maximum absolute atomic E-state index is 2.37. The summed E-state index contributed by atoms with van der Waals surface area (Å²) in [5.41, 5.74) is 9.97. The molecule has 0 aromatic heterocycles. The van der Waals surface area contributed by atoms with Crippen LogP contribution in [0.1, 0.15) is 94.2 Å². The summed E-state index contributed by atoms with van der Waals surface area (Å²) in [7, 11) is 0. The van der Waals surface area contributed by atoms with Crippen molar-refractivity contribution in [1.82, 2.24) is 0 Å². The molecule has 0 aliphatic rings. The highest BCUT2D eigenvalue weighted by molar-refractivity contribution is 5.53. The van der Waals surface area contributed by atoms with Gasteiger partial charge in [0.1, 0.15) is 0 Å². The Morgan fingerprint density at radius 3 is 1.71 bits per heavy atom. The molecule has 1 rings (SSSR count). The molecule has 21 heavy (non-hydrogen) atoms. The molecule has 0 atom stereocenters. The Morgan fingerprint density at radius 2 is 1.29 bits per heavy atom. The van der Waals surface area contributed by atoms with Gasteiger partial charge in [0.25, 0.3) is 0 Å². The number of benzene rings is 1. The van der Waals surface area contributed by atoms with Gasteiger partial charge in [0.2, 0.25) is 0 Å². The van der Waals surface area contributed by atoms with Crippen molar-refractivity contribution in [1.29, 1.82) is 0 Å². The maximum Gasteiger partial charge on any atom is -0.0126 e. The van der Waals surface area contributed by atoms with Crippen molar-refractivity contribution < 1.29 is 0 Å². The van der Waals surface area contributed by atoms with Gasteiger partial charge in [-0.15, -0.1) is 0 Å². The van der Waals surface area contributed by atoms with Gasteiger partial charge < -0.3 is 0 Å². The monoisotopic (exact) mass is 288 g/mol. The second kappa shape index (κ2) is 7.47. The lowest BCUT2D eigenvalue weighted by molar-refractivity contribution is 0.577. The minimum absolute atomic E-state index is 0.240. The first-order valence-corrected chi connectivity index (χ1v) is 8.93. The Hall–Kier alpha value is -0.780. The van der Waals surface area contributed by atoms with Gasteiger partial charge in [-0.25, -0.2) is 0 Å². The quantitative estimate of drug-likeness (QED) is 0.563. The second-order valence-electron chi connectivity index (χ2n) is 7.52. The van der Waals surface area contributed by atoms with Gasteiger partial charge >= 0.3 is 0 Å². The standard InChI is InChI=1S/C21H36/c1-9-12-14-18-16(5)20(21(6,7)8)15(4)17(11-3)19(18)13-10-2/h9-14H2,1-8H3. The summed E-state index contributed by atoms with van der Waals surface area (Å²) in [6.45, 7) is 18.8. The third-order valence-electron chi connectivity index (χ3n) is 4.77. The van der Waals surface area contributed by atoms with Gasteiger partial charge in [-0.2, -0.15) is 0 Å². The zero-order valence-corrected chi connectivity index (χ0v) is 15.7. The van der Waals surface area contributed by atoms with E-state index in [0.29, 0.717) is 0 Å². The van der Waals surface area contributed by atoms with Gasteiger partial charge in [0.15, 0.2) is 0 Å². The van der Waals surface area contributed by atoms with Crippen LogP contribution in [0, 0.1) is 13.8 Å². The molecule has 1 aromatic rings. The highest BCUT2D eigenvalue weighted by atomic mass is 14.3. The Morgan fingerprint density at radius 1 is 0.714 bits per heavy atom. The van der Waals surface area contributed by atoms with Crippen LogP contribution < -0.4 is 0 Å². The average Bonchev–Trinajstić information content (AvgIpc) is 2.37. The predicted molar refractivity (Wildman–Crippen MR) is 96.6 cm³/mol. The van der Waals surface area contributed by atoms with E-state index >= 15 is 0 Å². The van der Waals surface area contributed by atoms with Crippen molar-refractivity contribution in [3.63, 3.8) is 0 Å². The fraction of sp³-hybridized carbons (Fsp3) is 0.714. The van der Waals surface area contributed by atoms with Gasteiger partial charge in [-0.3, -0.25) is 0 Å². The van der Waals surface area contributed by atoms with Gasteiger partial charge in [-0.05, 0) is 78.3 Å². The van der Waals surface area contributed by atoms with Crippen molar-refractivity contribution in [2.24, 2.45) is 0 Å². The fourth-order valence-electron chi connectivity index (χ4n) is 4.07. The first-order chi connectivity index (χ1) is 9.79. The van der Waals surface area contributed by atoms with Crippen molar-refractivity contribution in [2.45, 2.75) is 99.3 Å². The van der Waals surface area contributed by atoms with Crippen LogP contribution in [-0.2, 0) is 24.7 Å². The summed E-state index contributed by atoms with van der Waals surface area (Å²) in [6.07, 6.45) is 7.52. The van der Waals surface area contributed by atoms with E-state index in [0.717, 1.165) is 0 Å². The summed E-state index contributed by atoms with van der Waals surface area (Å²) in [4.78, 5) is 0. The molecule has 0 bridgehead atoms. The first kappa shape index (κ1) is 18.3. The molecule has 1 aromatic carbocycles. The molecule has 0 unspecified atom stereocenters. The van der Waals surface area contributed by atoms with Crippen LogP contribution >= 0.6 is 0 Å². The normalized spacial score (nSPS) is 12.0. The summed E-state index contributed by atoms with van der Waals surface area (Å²) < 4.78 is 0.